The Hall–Kier alpha value is -1.15. The first-order chi connectivity index (χ1) is 9.98. The molecule has 0 aromatic heterocycles. The molecule has 0 radical (unpaired) electrons. The molecule has 0 spiro atoms. The predicted octanol–water partition coefficient (Wildman–Crippen LogP) is 0.953. The lowest BCUT2D eigenvalue weighted by Gasteiger charge is -2.22. The number of methoxy groups -OCH3 is 1. The van der Waals surface area contributed by atoms with Gasteiger partial charge in [0.25, 0.3) is 0 Å². The summed E-state index contributed by atoms with van der Waals surface area (Å²) in [7, 11) is -0.613. The fraction of sp³-hybridized carbons (Fsp3) is 0.571. The molecule has 118 valence electrons. The standard InChI is InChI=1S/C14H22N2O4S/c1-16(10-12-4-3-7-20-12)21(17,18)14-8-11(9-15)5-6-13(14)19-2/h5-6,8,12H,3-4,7,9-10,15H2,1-2H3. The van der Waals surface area contributed by atoms with E-state index in [4.69, 9.17) is 15.2 Å². The molecule has 0 aliphatic carbocycles. The average Bonchev–Trinajstić information content (AvgIpc) is 2.99. The topological polar surface area (TPSA) is 81.9 Å². The smallest absolute Gasteiger partial charge is 0.246 e. The number of benzene rings is 1. The number of ether oxygens (including phenoxy) is 2. The number of rotatable bonds is 6. The van der Waals surface area contributed by atoms with E-state index < -0.39 is 10.0 Å². The van der Waals surface area contributed by atoms with E-state index in [2.05, 4.69) is 0 Å². The van der Waals surface area contributed by atoms with E-state index >= 15 is 0 Å². The van der Waals surface area contributed by atoms with Gasteiger partial charge in [0, 0.05) is 26.7 Å². The van der Waals surface area contributed by atoms with E-state index in [1.54, 1.807) is 25.2 Å². The molecule has 0 amide bonds. The quantitative estimate of drug-likeness (QED) is 0.845. The molecule has 1 aliphatic rings. The number of hydrogen-bond acceptors (Lipinski definition) is 5. The minimum absolute atomic E-state index is 0.0338. The molecule has 1 aromatic carbocycles. The normalized spacial score (nSPS) is 19.1. The number of likely N-dealkylation sites (N-methyl/N-ethyl adjacent to an activating group) is 1. The van der Waals surface area contributed by atoms with Crippen LogP contribution in [0.1, 0.15) is 18.4 Å². The van der Waals surface area contributed by atoms with Gasteiger partial charge in [-0.1, -0.05) is 6.07 Å². The summed E-state index contributed by atoms with van der Waals surface area (Å²) in [5, 5.41) is 0. The van der Waals surface area contributed by atoms with Gasteiger partial charge in [-0.15, -0.1) is 0 Å². The van der Waals surface area contributed by atoms with Gasteiger partial charge in [0.05, 0.1) is 13.2 Å². The molecule has 2 N–H and O–H groups in total. The third-order valence-electron chi connectivity index (χ3n) is 3.64. The fourth-order valence-electron chi connectivity index (χ4n) is 2.39. The van der Waals surface area contributed by atoms with Gasteiger partial charge in [0.1, 0.15) is 10.6 Å². The summed E-state index contributed by atoms with van der Waals surface area (Å²) in [6.07, 6.45) is 1.83. The predicted molar refractivity (Wildman–Crippen MR) is 79.7 cm³/mol. The van der Waals surface area contributed by atoms with Crippen LogP contribution in [0.5, 0.6) is 5.75 Å². The van der Waals surface area contributed by atoms with Gasteiger partial charge in [-0.05, 0) is 30.5 Å². The number of hydrogen-bond donors (Lipinski definition) is 1. The molecule has 1 fully saturated rings. The molecular weight excluding hydrogens is 292 g/mol. The van der Waals surface area contributed by atoms with Crippen LogP contribution in [0.4, 0.5) is 0 Å². The van der Waals surface area contributed by atoms with Crippen LogP contribution >= 0.6 is 0 Å². The highest BCUT2D eigenvalue weighted by molar-refractivity contribution is 7.89. The Morgan fingerprint density at radius 2 is 2.24 bits per heavy atom. The highest BCUT2D eigenvalue weighted by Gasteiger charge is 2.28. The maximum absolute atomic E-state index is 12.7. The van der Waals surface area contributed by atoms with Gasteiger partial charge in [-0.2, -0.15) is 4.31 Å². The second kappa shape index (κ2) is 6.74. The lowest BCUT2D eigenvalue weighted by atomic mass is 10.2. The van der Waals surface area contributed by atoms with Crippen LogP contribution in [0.3, 0.4) is 0 Å². The van der Waals surface area contributed by atoms with Crippen LogP contribution in [0, 0.1) is 0 Å². The van der Waals surface area contributed by atoms with Gasteiger partial charge in [-0.3, -0.25) is 0 Å². The van der Waals surface area contributed by atoms with E-state index in [1.807, 2.05) is 0 Å². The maximum atomic E-state index is 12.7. The minimum atomic E-state index is -3.63. The summed E-state index contributed by atoms with van der Waals surface area (Å²) in [6, 6.07) is 4.97. The number of nitrogens with zero attached hydrogens (tertiary/aromatic N) is 1. The third-order valence-corrected chi connectivity index (χ3v) is 5.48. The Kier molecular flexibility index (Phi) is 5.21. The molecule has 0 saturated carbocycles. The first kappa shape index (κ1) is 16.2. The summed E-state index contributed by atoms with van der Waals surface area (Å²) in [5.74, 6) is 0.325. The van der Waals surface area contributed by atoms with Gasteiger partial charge >= 0.3 is 0 Å². The molecule has 6 nitrogen and oxygen atoms in total. The zero-order chi connectivity index (χ0) is 15.5. The van der Waals surface area contributed by atoms with Crippen LogP contribution < -0.4 is 10.5 Å². The van der Waals surface area contributed by atoms with Crippen molar-refractivity contribution in [3.8, 4) is 5.75 Å². The molecule has 7 heteroatoms. The van der Waals surface area contributed by atoms with Crippen LogP contribution in [0.15, 0.2) is 23.1 Å². The average molecular weight is 314 g/mol. The molecule has 1 saturated heterocycles. The van der Waals surface area contributed by atoms with Gasteiger partial charge in [-0.25, -0.2) is 8.42 Å². The number of nitrogens with two attached hydrogens (primary N) is 1. The number of sulfonamides is 1. The Balaban J connectivity index is 2.28. The van der Waals surface area contributed by atoms with E-state index in [0.29, 0.717) is 18.9 Å². The molecule has 1 aromatic rings. The van der Waals surface area contributed by atoms with Crippen LogP contribution in [-0.4, -0.2) is 46.1 Å². The molecule has 2 rings (SSSR count). The Morgan fingerprint density at radius 3 is 2.81 bits per heavy atom. The second-order valence-corrected chi connectivity index (χ2v) is 7.12. The second-order valence-electron chi connectivity index (χ2n) is 5.11. The van der Waals surface area contributed by atoms with Crippen molar-refractivity contribution in [1.82, 2.24) is 4.31 Å². The lowest BCUT2D eigenvalue weighted by Crippen LogP contribution is -2.34. The van der Waals surface area contributed by atoms with Crippen molar-refractivity contribution < 1.29 is 17.9 Å². The van der Waals surface area contributed by atoms with Gasteiger partial charge < -0.3 is 15.2 Å². The van der Waals surface area contributed by atoms with Crippen molar-refractivity contribution in [2.45, 2.75) is 30.4 Å². The summed E-state index contributed by atoms with van der Waals surface area (Å²) < 4.78 is 37.4. The molecule has 21 heavy (non-hydrogen) atoms. The van der Waals surface area contributed by atoms with E-state index in [9.17, 15) is 8.42 Å². The maximum Gasteiger partial charge on any atom is 0.246 e. The zero-order valence-corrected chi connectivity index (χ0v) is 13.2. The van der Waals surface area contributed by atoms with Gasteiger partial charge in [0.15, 0.2) is 0 Å². The third kappa shape index (κ3) is 3.55. The highest BCUT2D eigenvalue weighted by Crippen LogP contribution is 2.28. The van der Waals surface area contributed by atoms with Crippen LogP contribution in [-0.2, 0) is 21.3 Å². The largest absolute Gasteiger partial charge is 0.495 e. The van der Waals surface area contributed by atoms with Crippen molar-refractivity contribution in [2.24, 2.45) is 5.73 Å². The first-order valence-electron chi connectivity index (χ1n) is 6.94. The molecule has 1 atom stereocenters. The van der Waals surface area contributed by atoms with Crippen molar-refractivity contribution in [2.75, 3.05) is 27.3 Å². The van der Waals surface area contributed by atoms with E-state index in [-0.39, 0.29) is 17.5 Å². The molecule has 1 heterocycles. The Bertz CT molecular complexity index is 583. The van der Waals surface area contributed by atoms with Crippen molar-refractivity contribution >= 4 is 10.0 Å². The SMILES string of the molecule is COc1ccc(CN)cc1S(=O)(=O)N(C)CC1CCCO1. The Labute approximate surface area is 125 Å². The van der Waals surface area contributed by atoms with Crippen molar-refractivity contribution in [1.29, 1.82) is 0 Å². The summed E-state index contributed by atoms with van der Waals surface area (Å²) in [5.41, 5.74) is 6.34. The molecule has 1 aliphatic heterocycles. The zero-order valence-electron chi connectivity index (χ0n) is 12.4. The monoisotopic (exact) mass is 314 g/mol. The molecule has 1 unspecified atom stereocenters. The van der Waals surface area contributed by atoms with Crippen molar-refractivity contribution in [3.05, 3.63) is 23.8 Å². The van der Waals surface area contributed by atoms with Crippen molar-refractivity contribution in [3.63, 3.8) is 0 Å². The van der Waals surface area contributed by atoms with Gasteiger partial charge in [0.2, 0.25) is 10.0 Å². The van der Waals surface area contributed by atoms with E-state index in [0.717, 1.165) is 18.4 Å². The fourth-order valence-corrected chi connectivity index (χ4v) is 3.80. The summed E-state index contributed by atoms with van der Waals surface area (Å²) in [6.45, 7) is 1.32. The minimum Gasteiger partial charge on any atom is -0.495 e. The summed E-state index contributed by atoms with van der Waals surface area (Å²) in [4.78, 5) is 0.147. The molecular formula is C14H22N2O4S. The highest BCUT2D eigenvalue weighted by atomic mass is 32.2. The van der Waals surface area contributed by atoms with Crippen LogP contribution in [0.25, 0.3) is 0 Å². The molecule has 0 bridgehead atoms. The first-order valence-corrected chi connectivity index (χ1v) is 8.38. The van der Waals surface area contributed by atoms with Crippen LogP contribution in [0.2, 0.25) is 0 Å². The summed E-state index contributed by atoms with van der Waals surface area (Å²) >= 11 is 0. The van der Waals surface area contributed by atoms with E-state index in [1.165, 1.54) is 11.4 Å². The Morgan fingerprint density at radius 1 is 1.48 bits per heavy atom. The lowest BCUT2D eigenvalue weighted by molar-refractivity contribution is 0.0978.